The van der Waals surface area contributed by atoms with Crippen molar-refractivity contribution in [3.05, 3.63) is 47.4 Å². The molecule has 0 aromatic carbocycles. The molecule has 2 aromatic heterocycles. The SMILES string of the molecule is COc1nc(-c2cccnc2)nc2c1CCC1C(C)C(=O)C(C#N)=CC21C. The van der Waals surface area contributed by atoms with E-state index in [0.717, 1.165) is 29.7 Å². The lowest BCUT2D eigenvalue weighted by Crippen LogP contribution is -2.46. The van der Waals surface area contributed by atoms with Gasteiger partial charge in [-0.2, -0.15) is 10.2 Å². The third kappa shape index (κ3) is 2.54. The minimum Gasteiger partial charge on any atom is -0.481 e. The highest BCUT2D eigenvalue weighted by molar-refractivity contribution is 6.02. The van der Waals surface area contributed by atoms with Gasteiger partial charge in [0.2, 0.25) is 5.88 Å². The van der Waals surface area contributed by atoms with Crippen LogP contribution in [0.25, 0.3) is 11.4 Å². The molecule has 6 heteroatoms. The van der Waals surface area contributed by atoms with E-state index in [-0.39, 0.29) is 23.2 Å². The number of ketones is 1. The van der Waals surface area contributed by atoms with Gasteiger partial charge in [0, 0.05) is 34.9 Å². The van der Waals surface area contributed by atoms with Crippen LogP contribution >= 0.6 is 0 Å². The number of rotatable bonds is 2. The molecule has 2 heterocycles. The molecule has 0 saturated carbocycles. The minimum absolute atomic E-state index is 0.0723. The van der Waals surface area contributed by atoms with E-state index in [9.17, 15) is 10.1 Å². The summed E-state index contributed by atoms with van der Waals surface area (Å²) in [6, 6.07) is 5.82. The van der Waals surface area contributed by atoms with E-state index in [0.29, 0.717) is 11.7 Å². The van der Waals surface area contributed by atoms with Crippen LogP contribution in [0.2, 0.25) is 0 Å². The van der Waals surface area contributed by atoms with Crippen LogP contribution in [0.3, 0.4) is 0 Å². The summed E-state index contributed by atoms with van der Waals surface area (Å²) in [6.45, 7) is 3.98. The van der Waals surface area contributed by atoms with Crippen molar-refractivity contribution in [3.63, 3.8) is 0 Å². The highest BCUT2D eigenvalue weighted by atomic mass is 16.5. The molecule has 2 aliphatic carbocycles. The number of allylic oxidation sites excluding steroid dienone is 2. The first-order valence-electron chi connectivity index (χ1n) is 9.02. The number of methoxy groups -OCH3 is 1. The Morgan fingerprint density at radius 2 is 2.19 bits per heavy atom. The number of carbonyl (C=O) groups is 1. The summed E-state index contributed by atoms with van der Waals surface area (Å²) >= 11 is 0. The first-order chi connectivity index (χ1) is 13.0. The lowest BCUT2D eigenvalue weighted by Gasteiger charge is -2.45. The van der Waals surface area contributed by atoms with Crippen LogP contribution in [-0.4, -0.2) is 27.8 Å². The Morgan fingerprint density at radius 3 is 2.85 bits per heavy atom. The molecule has 0 spiro atoms. The van der Waals surface area contributed by atoms with Crippen molar-refractivity contribution in [2.24, 2.45) is 11.8 Å². The van der Waals surface area contributed by atoms with Gasteiger partial charge in [0.15, 0.2) is 11.6 Å². The number of aromatic nitrogens is 3. The van der Waals surface area contributed by atoms with Gasteiger partial charge in [0.25, 0.3) is 0 Å². The highest BCUT2D eigenvalue weighted by Gasteiger charge is 2.49. The van der Waals surface area contributed by atoms with Crippen molar-refractivity contribution < 1.29 is 9.53 Å². The summed E-state index contributed by atoms with van der Waals surface area (Å²) in [5, 5.41) is 9.46. The predicted octanol–water partition coefficient (Wildman–Crippen LogP) is 3.04. The maximum absolute atomic E-state index is 12.5. The average Bonchev–Trinajstić information content (AvgIpc) is 2.70. The number of Topliss-reactive ketones (excluding diaryl/α,β-unsaturated/α-hetero) is 1. The molecule has 3 unspecified atom stereocenters. The topological polar surface area (TPSA) is 88.8 Å². The van der Waals surface area contributed by atoms with Gasteiger partial charge < -0.3 is 4.74 Å². The van der Waals surface area contributed by atoms with E-state index in [4.69, 9.17) is 9.72 Å². The number of fused-ring (bicyclic) bond motifs is 3. The van der Waals surface area contributed by atoms with E-state index in [1.54, 1.807) is 25.6 Å². The number of nitrogens with zero attached hydrogens (tertiary/aromatic N) is 4. The standard InChI is InChI=1S/C21H20N4O2/c1-12-16-7-6-15-18(21(16,2)9-14(10-22)17(12)26)24-19(25-20(15)27-3)13-5-4-8-23-11-13/h4-5,8-9,11-12,16H,6-7H2,1-3H3. The number of carbonyl (C=O) groups excluding carboxylic acids is 1. The maximum atomic E-state index is 12.5. The fraction of sp³-hybridized carbons (Fsp3) is 0.381. The van der Waals surface area contributed by atoms with E-state index >= 15 is 0 Å². The highest BCUT2D eigenvalue weighted by Crippen LogP contribution is 2.50. The fourth-order valence-corrected chi connectivity index (χ4v) is 4.53. The molecule has 0 aliphatic heterocycles. The second kappa shape index (κ2) is 6.27. The van der Waals surface area contributed by atoms with Crippen molar-refractivity contribution in [1.82, 2.24) is 15.0 Å². The van der Waals surface area contributed by atoms with Crippen molar-refractivity contribution in [3.8, 4) is 23.3 Å². The van der Waals surface area contributed by atoms with E-state index in [2.05, 4.69) is 23.0 Å². The smallest absolute Gasteiger partial charge is 0.220 e. The summed E-state index contributed by atoms with van der Waals surface area (Å²) in [5.74, 6) is 0.894. The molecule has 0 amide bonds. The Bertz CT molecular complexity index is 993. The number of nitriles is 1. The Labute approximate surface area is 157 Å². The number of pyridine rings is 1. The quantitative estimate of drug-likeness (QED) is 0.818. The molecule has 0 saturated heterocycles. The summed E-state index contributed by atoms with van der Waals surface area (Å²) in [5.41, 5.74) is 2.30. The Hall–Kier alpha value is -3.07. The van der Waals surface area contributed by atoms with Crippen molar-refractivity contribution in [1.29, 1.82) is 5.26 Å². The third-order valence-electron chi connectivity index (χ3n) is 5.92. The van der Waals surface area contributed by atoms with Crippen LogP contribution in [0.5, 0.6) is 5.88 Å². The van der Waals surface area contributed by atoms with Gasteiger partial charge in [-0.1, -0.05) is 19.9 Å². The molecule has 136 valence electrons. The van der Waals surface area contributed by atoms with Crippen LogP contribution in [0, 0.1) is 23.2 Å². The molecule has 2 aliphatic rings. The fourth-order valence-electron chi connectivity index (χ4n) is 4.53. The molecule has 6 nitrogen and oxygen atoms in total. The lowest BCUT2D eigenvalue weighted by atomic mass is 9.58. The van der Waals surface area contributed by atoms with Gasteiger partial charge in [0.1, 0.15) is 6.07 Å². The molecule has 0 radical (unpaired) electrons. The van der Waals surface area contributed by atoms with Gasteiger partial charge in [-0.3, -0.25) is 9.78 Å². The molecule has 4 rings (SSSR count). The third-order valence-corrected chi connectivity index (χ3v) is 5.92. The van der Waals surface area contributed by atoms with E-state index in [1.165, 1.54) is 0 Å². The second-order valence-corrected chi connectivity index (χ2v) is 7.38. The number of hydrogen-bond acceptors (Lipinski definition) is 6. The second-order valence-electron chi connectivity index (χ2n) is 7.38. The predicted molar refractivity (Wildman–Crippen MR) is 98.8 cm³/mol. The Morgan fingerprint density at radius 1 is 1.37 bits per heavy atom. The first-order valence-corrected chi connectivity index (χ1v) is 9.02. The molecular weight excluding hydrogens is 340 g/mol. The summed E-state index contributed by atoms with van der Waals surface area (Å²) in [4.78, 5) is 26.1. The van der Waals surface area contributed by atoms with Crippen molar-refractivity contribution >= 4 is 5.78 Å². The van der Waals surface area contributed by atoms with Gasteiger partial charge >= 0.3 is 0 Å². The van der Waals surface area contributed by atoms with Crippen LogP contribution in [0.1, 0.15) is 31.5 Å². The van der Waals surface area contributed by atoms with E-state index < -0.39 is 5.41 Å². The lowest BCUT2D eigenvalue weighted by molar-refractivity contribution is -0.121. The normalized spacial score (nSPS) is 26.4. The zero-order valence-electron chi connectivity index (χ0n) is 15.6. The minimum atomic E-state index is -0.515. The largest absolute Gasteiger partial charge is 0.481 e. The zero-order valence-corrected chi connectivity index (χ0v) is 15.6. The van der Waals surface area contributed by atoms with E-state index in [1.807, 2.05) is 19.1 Å². The van der Waals surface area contributed by atoms with Crippen LogP contribution in [0.4, 0.5) is 0 Å². The van der Waals surface area contributed by atoms with Gasteiger partial charge in [-0.25, -0.2) is 4.98 Å². The number of hydrogen-bond donors (Lipinski definition) is 0. The van der Waals surface area contributed by atoms with Crippen molar-refractivity contribution in [2.75, 3.05) is 7.11 Å². The molecule has 2 aromatic rings. The molecule has 0 bridgehead atoms. The monoisotopic (exact) mass is 360 g/mol. The summed E-state index contributed by atoms with van der Waals surface area (Å²) in [7, 11) is 1.60. The molecule has 0 N–H and O–H groups in total. The van der Waals surface area contributed by atoms with Gasteiger partial charge in [0.05, 0.1) is 18.4 Å². The Balaban J connectivity index is 1.98. The molecule has 0 fully saturated rings. The van der Waals surface area contributed by atoms with Crippen LogP contribution < -0.4 is 4.74 Å². The van der Waals surface area contributed by atoms with Crippen molar-refractivity contribution in [2.45, 2.75) is 32.1 Å². The zero-order chi connectivity index (χ0) is 19.2. The number of ether oxygens (including phenoxy) is 1. The van der Waals surface area contributed by atoms with Crippen LogP contribution in [-0.2, 0) is 16.6 Å². The summed E-state index contributed by atoms with van der Waals surface area (Å²) in [6.07, 6.45) is 6.80. The summed E-state index contributed by atoms with van der Waals surface area (Å²) < 4.78 is 5.58. The Kier molecular flexibility index (Phi) is 4.03. The van der Waals surface area contributed by atoms with Gasteiger partial charge in [-0.05, 0) is 30.9 Å². The van der Waals surface area contributed by atoms with Gasteiger partial charge in [-0.15, -0.1) is 0 Å². The van der Waals surface area contributed by atoms with Crippen LogP contribution in [0.15, 0.2) is 36.2 Å². The molecule has 3 atom stereocenters. The molecule has 27 heavy (non-hydrogen) atoms. The first kappa shape index (κ1) is 17.3. The molecular formula is C21H20N4O2. The maximum Gasteiger partial charge on any atom is 0.220 e. The average molecular weight is 360 g/mol.